The number of piperidine rings is 1. The van der Waals surface area contributed by atoms with Crippen molar-refractivity contribution in [3.05, 3.63) is 0 Å². The van der Waals surface area contributed by atoms with E-state index in [9.17, 15) is 9.59 Å². The number of fused-ring (bicyclic) bond motifs is 2. The highest BCUT2D eigenvalue weighted by Gasteiger charge is 2.35. The smallest absolute Gasteiger partial charge is 0.328 e. The van der Waals surface area contributed by atoms with Crippen molar-refractivity contribution in [1.29, 1.82) is 0 Å². The molecule has 5 nitrogen and oxygen atoms in total. The molecule has 2 heterocycles. The number of carbonyl (C=O) groups is 2. The quantitative estimate of drug-likeness (QED) is 0.744. The highest BCUT2D eigenvalue weighted by Crippen LogP contribution is 2.32. The Kier molecular flexibility index (Phi) is 5.02. The molecule has 0 saturated carbocycles. The van der Waals surface area contributed by atoms with Crippen LogP contribution in [0.5, 0.6) is 0 Å². The molecule has 0 aromatic heterocycles. The van der Waals surface area contributed by atoms with Gasteiger partial charge < -0.3 is 15.4 Å². The van der Waals surface area contributed by atoms with Gasteiger partial charge in [0.2, 0.25) is 5.91 Å². The van der Waals surface area contributed by atoms with Gasteiger partial charge in [0, 0.05) is 18.5 Å². The van der Waals surface area contributed by atoms with E-state index in [0.29, 0.717) is 24.4 Å². The molecule has 3 unspecified atom stereocenters. The first-order valence-electron chi connectivity index (χ1n) is 7.62. The lowest BCUT2D eigenvalue weighted by molar-refractivity contribution is -0.146. The molecule has 0 spiro atoms. The van der Waals surface area contributed by atoms with Crippen LogP contribution in [0.25, 0.3) is 0 Å². The Balaban J connectivity index is 1.83. The van der Waals surface area contributed by atoms with Crippen LogP contribution in [0.4, 0.5) is 0 Å². The number of methoxy groups -OCH3 is 1. The minimum absolute atomic E-state index is 0.0274. The molecule has 0 aromatic carbocycles. The van der Waals surface area contributed by atoms with Crippen LogP contribution in [0, 0.1) is 11.8 Å². The molecule has 2 fully saturated rings. The Bertz CT molecular complexity index is 358. The minimum atomic E-state index is -0.536. The third kappa shape index (κ3) is 3.72. The van der Waals surface area contributed by atoms with Crippen LogP contribution >= 0.6 is 0 Å². The fraction of sp³-hybridized carbons (Fsp3) is 0.867. The second kappa shape index (κ2) is 6.57. The Morgan fingerprint density at radius 3 is 2.35 bits per heavy atom. The third-order valence-corrected chi connectivity index (χ3v) is 4.48. The van der Waals surface area contributed by atoms with Gasteiger partial charge in [-0.2, -0.15) is 0 Å². The highest BCUT2D eigenvalue weighted by molar-refractivity contribution is 5.84. The molecule has 0 aliphatic carbocycles. The van der Waals surface area contributed by atoms with Crippen LogP contribution in [0.15, 0.2) is 0 Å². The fourth-order valence-corrected chi connectivity index (χ4v) is 3.46. The van der Waals surface area contributed by atoms with Crippen LogP contribution < -0.4 is 10.6 Å². The maximum absolute atomic E-state index is 12.1. The molecule has 0 aromatic rings. The topological polar surface area (TPSA) is 67.4 Å². The van der Waals surface area contributed by atoms with E-state index < -0.39 is 6.04 Å². The summed E-state index contributed by atoms with van der Waals surface area (Å²) in [5.41, 5.74) is 0. The summed E-state index contributed by atoms with van der Waals surface area (Å²) in [5.74, 6) is 0.0916. The normalized spacial score (nSPS) is 30.1. The van der Waals surface area contributed by atoms with E-state index in [1.807, 2.05) is 13.8 Å². The van der Waals surface area contributed by atoms with Gasteiger partial charge in [-0.05, 0) is 37.5 Å². The fourth-order valence-electron chi connectivity index (χ4n) is 3.46. The highest BCUT2D eigenvalue weighted by atomic mass is 16.5. The first-order valence-corrected chi connectivity index (χ1v) is 7.62. The van der Waals surface area contributed by atoms with Crippen molar-refractivity contribution in [1.82, 2.24) is 10.6 Å². The average Bonchev–Trinajstić information content (AvgIpc) is 2.74. The van der Waals surface area contributed by atoms with E-state index in [0.717, 1.165) is 12.8 Å². The summed E-state index contributed by atoms with van der Waals surface area (Å²) < 4.78 is 4.74. The standard InChI is InChI=1S/C15H26N2O3/c1-9(2)14(15(19)20-3)17-13(18)8-10-6-11-4-5-12(7-10)16-11/h9-12,14,16H,4-8H2,1-3H3,(H,17,18). The van der Waals surface area contributed by atoms with Gasteiger partial charge in [-0.25, -0.2) is 4.79 Å². The summed E-state index contributed by atoms with van der Waals surface area (Å²) in [5, 5.41) is 6.40. The van der Waals surface area contributed by atoms with Crippen molar-refractivity contribution in [2.24, 2.45) is 11.8 Å². The van der Waals surface area contributed by atoms with E-state index in [2.05, 4.69) is 10.6 Å². The zero-order chi connectivity index (χ0) is 14.7. The number of amides is 1. The number of nitrogens with one attached hydrogen (secondary N) is 2. The van der Waals surface area contributed by atoms with E-state index in [-0.39, 0.29) is 17.8 Å². The van der Waals surface area contributed by atoms with Crippen LogP contribution in [0.3, 0.4) is 0 Å². The number of hydrogen-bond acceptors (Lipinski definition) is 4. The summed E-state index contributed by atoms with van der Waals surface area (Å²) in [4.78, 5) is 23.8. The summed E-state index contributed by atoms with van der Waals surface area (Å²) in [6.45, 7) is 3.82. The van der Waals surface area contributed by atoms with Crippen molar-refractivity contribution >= 4 is 11.9 Å². The average molecular weight is 282 g/mol. The van der Waals surface area contributed by atoms with E-state index in [1.54, 1.807) is 0 Å². The van der Waals surface area contributed by atoms with E-state index in [4.69, 9.17) is 4.74 Å². The molecule has 3 atom stereocenters. The van der Waals surface area contributed by atoms with Crippen molar-refractivity contribution in [2.45, 2.75) is 64.1 Å². The monoisotopic (exact) mass is 282 g/mol. The van der Waals surface area contributed by atoms with Crippen molar-refractivity contribution in [3.8, 4) is 0 Å². The van der Waals surface area contributed by atoms with E-state index >= 15 is 0 Å². The lowest BCUT2D eigenvalue weighted by Crippen LogP contribution is -2.46. The van der Waals surface area contributed by atoms with E-state index in [1.165, 1.54) is 20.0 Å². The van der Waals surface area contributed by atoms with Crippen molar-refractivity contribution in [2.75, 3.05) is 7.11 Å². The molecule has 20 heavy (non-hydrogen) atoms. The summed E-state index contributed by atoms with van der Waals surface area (Å²) in [7, 11) is 1.36. The lowest BCUT2D eigenvalue weighted by Gasteiger charge is -2.29. The van der Waals surface area contributed by atoms with Crippen LogP contribution in [0.1, 0.15) is 46.0 Å². The second-order valence-electron chi connectivity index (χ2n) is 6.49. The Labute approximate surface area is 120 Å². The Morgan fingerprint density at radius 2 is 1.85 bits per heavy atom. The predicted octanol–water partition coefficient (Wildman–Crippen LogP) is 1.22. The van der Waals surface area contributed by atoms with Gasteiger partial charge >= 0.3 is 5.97 Å². The minimum Gasteiger partial charge on any atom is -0.467 e. The van der Waals surface area contributed by atoms with Crippen LogP contribution in [0.2, 0.25) is 0 Å². The van der Waals surface area contributed by atoms with Gasteiger partial charge in [-0.3, -0.25) is 4.79 Å². The second-order valence-corrected chi connectivity index (χ2v) is 6.49. The van der Waals surface area contributed by atoms with Gasteiger partial charge in [-0.15, -0.1) is 0 Å². The summed E-state index contributed by atoms with van der Waals surface area (Å²) in [6.07, 6.45) is 5.15. The number of ether oxygens (including phenoxy) is 1. The summed E-state index contributed by atoms with van der Waals surface area (Å²) >= 11 is 0. The molecule has 2 aliphatic rings. The molecule has 0 radical (unpaired) electrons. The number of hydrogen-bond donors (Lipinski definition) is 2. The SMILES string of the molecule is COC(=O)C(NC(=O)CC1CC2CCC(C1)N2)C(C)C. The molecule has 5 heteroatoms. The van der Waals surface area contributed by atoms with Crippen LogP contribution in [-0.2, 0) is 14.3 Å². The van der Waals surface area contributed by atoms with Gasteiger partial charge in [0.15, 0.2) is 0 Å². The molecule has 114 valence electrons. The molecule has 2 N–H and O–H groups in total. The van der Waals surface area contributed by atoms with Crippen molar-refractivity contribution < 1.29 is 14.3 Å². The summed E-state index contributed by atoms with van der Waals surface area (Å²) in [6, 6.07) is 0.645. The third-order valence-electron chi connectivity index (χ3n) is 4.48. The van der Waals surface area contributed by atoms with Gasteiger partial charge in [-0.1, -0.05) is 13.8 Å². The first kappa shape index (κ1) is 15.3. The maximum atomic E-state index is 12.1. The Hall–Kier alpha value is -1.10. The lowest BCUT2D eigenvalue weighted by atomic mass is 9.89. The number of carbonyl (C=O) groups excluding carboxylic acids is 2. The molecular formula is C15H26N2O3. The van der Waals surface area contributed by atoms with Crippen molar-refractivity contribution in [3.63, 3.8) is 0 Å². The van der Waals surface area contributed by atoms with Gasteiger partial charge in [0.05, 0.1) is 7.11 Å². The molecule has 2 aliphatic heterocycles. The largest absolute Gasteiger partial charge is 0.467 e. The first-order chi connectivity index (χ1) is 9.49. The molecule has 2 saturated heterocycles. The van der Waals surface area contributed by atoms with Gasteiger partial charge in [0.25, 0.3) is 0 Å². The molecule has 2 bridgehead atoms. The van der Waals surface area contributed by atoms with Gasteiger partial charge in [0.1, 0.15) is 6.04 Å². The zero-order valence-corrected chi connectivity index (χ0v) is 12.6. The number of rotatable bonds is 5. The molecule has 1 amide bonds. The molecule has 2 rings (SSSR count). The maximum Gasteiger partial charge on any atom is 0.328 e. The molecular weight excluding hydrogens is 256 g/mol. The predicted molar refractivity (Wildman–Crippen MR) is 76.1 cm³/mol. The zero-order valence-electron chi connectivity index (χ0n) is 12.6. The van der Waals surface area contributed by atoms with Crippen LogP contribution in [-0.4, -0.2) is 37.1 Å². The Morgan fingerprint density at radius 1 is 1.25 bits per heavy atom. The number of esters is 1.